The molecule has 3 heterocycles. The number of fused-ring (bicyclic) bond motifs is 2. The van der Waals surface area contributed by atoms with Gasteiger partial charge in [-0.1, -0.05) is 0 Å². The van der Waals surface area contributed by atoms with Crippen molar-refractivity contribution >= 4 is 28.6 Å². The highest BCUT2D eigenvalue weighted by molar-refractivity contribution is 5.77. The maximum absolute atomic E-state index is 11.5. The van der Waals surface area contributed by atoms with Crippen LogP contribution in [0.5, 0.6) is 5.75 Å². The second kappa shape index (κ2) is 9.55. The Labute approximate surface area is 198 Å². The van der Waals surface area contributed by atoms with E-state index in [1.54, 1.807) is 19.5 Å². The van der Waals surface area contributed by atoms with Gasteiger partial charge in [-0.05, 0) is 62.4 Å². The lowest BCUT2D eigenvalue weighted by Crippen LogP contribution is -2.39. The van der Waals surface area contributed by atoms with Crippen LogP contribution >= 0.6 is 0 Å². The topological polar surface area (TPSA) is 117 Å². The first-order chi connectivity index (χ1) is 16.5. The highest BCUT2D eigenvalue weighted by Crippen LogP contribution is 2.34. The number of rotatable bonds is 6. The zero-order valence-corrected chi connectivity index (χ0v) is 19.6. The summed E-state index contributed by atoms with van der Waals surface area (Å²) in [6.45, 7) is 1.48. The van der Waals surface area contributed by atoms with Gasteiger partial charge >= 0.3 is 0 Å². The normalized spacial score (nSPS) is 20.7. The first kappa shape index (κ1) is 22.5. The Morgan fingerprint density at radius 2 is 2.03 bits per heavy atom. The Hall–Kier alpha value is -3.24. The minimum Gasteiger partial charge on any atom is -0.495 e. The predicted octanol–water partition coefficient (Wildman–Crippen LogP) is 2.16. The van der Waals surface area contributed by atoms with Gasteiger partial charge in [0.05, 0.1) is 30.4 Å². The number of ether oxygens (including phenoxy) is 1. The van der Waals surface area contributed by atoms with Crippen LogP contribution in [0.15, 0.2) is 24.5 Å². The Balaban J connectivity index is 1.36. The van der Waals surface area contributed by atoms with E-state index in [2.05, 4.69) is 44.8 Å². The molecule has 1 amide bonds. The molecule has 0 spiro atoms. The van der Waals surface area contributed by atoms with Crippen molar-refractivity contribution < 1.29 is 14.6 Å². The molecule has 0 bridgehead atoms. The smallest absolute Gasteiger partial charge is 0.245 e. The summed E-state index contributed by atoms with van der Waals surface area (Å²) in [7, 11) is 3.81. The molecule has 10 nitrogen and oxygen atoms in total. The zero-order valence-electron chi connectivity index (χ0n) is 19.6. The molecule has 180 valence electrons. The van der Waals surface area contributed by atoms with Gasteiger partial charge in [-0.15, -0.1) is 0 Å². The SMILES string of the molecule is COc1cc2c(cc1Nc1ncc3cnn(C4CCC(NC(=O)CO)CC4)c3n1)CN(C)CC2. The molecule has 5 rings (SSSR count). The Bertz CT molecular complexity index is 1190. The molecule has 0 unspecified atom stereocenters. The van der Waals surface area contributed by atoms with E-state index >= 15 is 0 Å². The number of hydrogen-bond donors (Lipinski definition) is 3. The number of methoxy groups -OCH3 is 1. The maximum Gasteiger partial charge on any atom is 0.245 e. The number of amides is 1. The number of carbonyl (C=O) groups is 1. The predicted molar refractivity (Wildman–Crippen MR) is 128 cm³/mol. The second-order valence-electron chi connectivity index (χ2n) is 9.23. The molecule has 1 fully saturated rings. The highest BCUT2D eigenvalue weighted by atomic mass is 16.5. The largest absolute Gasteiger partial charge is 0.495 e. The molecule has 3 N–H and O–H groups in total. The zero-order chi connectivity index (χ0) is 23.7. The van der Waals surface area contributed by atoms with Crippen LogP contribution in [0, 0.1) is 0 Å². The molecule has 0 radical (unpaired) electrons. The summed E-state index contributed by atoms with van der Waals surface area (Å²) in [5.74, 6) is 0.963. The van der Waals surface area contributed by atoms with Crippen molar-refractivity contribution in [3.05, 3.63) is 35.7 Å². The van der Waals surface area contributed by atoms with Gasteiger partial charge in [0.2, 0.25) is 11.9 Å². The van der Waals surface area contributed by atoms with E-state index in [0.29, 0.717) is 5.95 Å². The summed E-state index contributed by atoms with van der Waals surface area (Å²) in [6.07, 6.45) is 8.05. The van der Waals surface area contributed by atoms with Gasteiger partial charge in [0.15, 0.2) is 5.65 Å². The van der Waals surface area contributed by atoms with Gasteiger partial charge in [-0.3, -0.25) is 4.79 Å². The molecule has 0 saturated heterocycles. The molecule has 3 aromatic rings. The number of nitrogens with zero attached hydrogens (tertiary/aromatic N) is 5. The van der Waals surface area contributed by atoms with Crippen molar-refractivity contribution in [2.24, 2.45) is 0 Å². The van der Waals surface area contributed by atoms with Crippen LogP contribution in [0.25, 0.3) is 11.0 Å². The molecule has 10 heteroatoms. The van der Waals surface area contributed by atoms with Crippen LogP contribution in [-0.4, -0.2) is 69.0 Å². The van der Waals surface area contributed by atoms with Gasteiger partial charge in [-0.25, -0.2) is 9.67 Å². The molecule has 0 atom stereocenters. The monoisotopic (exact) mass is 465 g/mol. The lowest BCUT2D eigenvalue weighted by atomic mass is 9.91. The van der Waals surface area contributed by atoms with Crippen molar-refractivity contribution in [2.45, 2.75) is 50.7 Å². The van der Waals surface area contributed by atoms with Crippen LogP contribution in [0.2, 0.25) is 0 Å². The van der Waals surface area contributed by atoms with E-state index in [4.69, 9.17) is 14.8 Å². The van der Waals surface area contributed by atoms with Crippen molar-refractivity contribution in [3.8, 4) is 5.75 Å². The van der Waals surface area contributed by atoms with Crippen molar-refractivity contribution in [1.29, 1.82) is 0 Å². The van der Waals surface area contributed by atoms with Crippen molar-refractivity contribution in [1.82, 2.24) is 30.0 Å². The van der Waals surface area contributed by atoms with Crippen LogP contribution in [-0.2, 0) is 17.8 Å². The van der Waals surface area contributed by atoms with Gasteiger partial charge in [0.1, 0.15) is 12.4 Å². The van der Waals surface area contributed by atoms with Crippen LogP contribution in [0.3, 0.4) is 0 Å². The molecular formula is C24H31N7O3. The first-order valence-electron chi connectivity index (χ1n) is 11.8. The first-order valence-corrected chi connectivity index (χ1v) is 11.8. The van der Waals surface area contributed by atoms with Crippen molar-refractivity contribution in [2.75, 3.05) is 32.6 Å². The third-order valence-electron chi connectivity index (χ3n) is 6.86. The Morgan fingerprint density at radius 3 is 2.79 bits per heavy atom. The Kier molecular flexibility index (Phi) is 6.34. The average molecular weight is 466 g/mol. The van der Waals surface area contributed by atoms with E-state index in [1.807, 2.05) is 4.68 Å². The number of hydrogen-bond acceptors (Lipinski definition) is 8. The number of nitrogens with one attached hydrogen (secondary N) is 2. The third kappa shape index (κ3) is 4.55. The van der Waals surface area contributed by atoms with Crippen LogP contribution in [0.4, 0.5) is 11.6 Å². The summed E-state index contributed by atoms with van der Waals surface area (Å²) < 4.78 is 7.63. The molecule has 1 aliphatic carbocycles. The van der Waals surface area contributed by atoms with E-state index in [-0.39, 0.29) is 18.0 Å². The number of carbonyl (C=O) groups excluding carboxylic acids is 1. The number of likely N-dealkylation sites (N-methyl/N-ethyl adjacent to an activating group) is 1. The second-order valence-corrected chi connectivity index (χ2v) is 9.23. The van der Waals surface area contributed by atoms with E-state index in [1.165, 1.54) is 11.1 Å². The Morgan fingerprint density at radius 1 is 1.21 bits per heavy atom. The quantitative estimate of drug-likeness (QED) is 0.507. The van der Waals surface area contributed by atoms with Gasteiger partial charge in [0, 0.05) is 25.3 Å². The molecule has 34 heavy (non-hydrogen) atoms. The summed E-state index contributed by atoms with van der Waals surface area (Å²) in [5.41, 5.74) is 4.24. The maximum atomic E-state index is 11.5. The molecular weight excluding hydrogens is 434 g/mol. The van der Waals surface area contributed by atoms with E-state index < -0.39 is 6.61 Å². The lowest BCUT2D eigenvalue weighted by Gasteiger charge is -2.29. The lowest BCUT2D eigenvalue weighted by molar-refractivity contribution is -0.124. The van der Waals surface area contributed by atoms with Gasteiger partial charge in [0.25, 0.3) is 0 Å². The fourth-order valence-corrected chi connectivity index (χ4v) is 5.02. The standard InChI is InChI=1S/C24H31N7O3/c1-30-8-7-15-10-21(34-2)20(9-16(15)13-30)28-24-25-11-17-12-26-31(23(17)29-24)19-5-3-18(4-6-19)27-22(33)14-32/h9-12,18-19,32H,3-8,13-14H2,1-2H3,(H,27,33)(H,25,28,29). The fraction of sp³-hybridized carbons (Fsp3) is 0.500. The van der Waals surface area contributed by atoms with E-state index in [0.717, 1.165) is 67.7 Å². The number of aromatic nitrogens is 4. The van der Waals surface area contributed by atoms with Crippen molar-refractivity contribution in [3.63, 3.8) is 0 Å². The summed E-state index contributed by atoms with van der Waals surface area (Å²) in [4.78, 5) is 23.1. The third-order valence-corrected chi connectivity index (χ3v) is 6.86. The van der Waals surface area contributed by atoms with Gasteiger partial charge < -0.3 is 25.4 Å². The van der Waals surface area contributed by atoms with Crippen LogP contribution in [0.1, 0.15) is 42.9 Å². The van der Waals surface area contributed by atoms with Gasteiger partial charge in [-0.2, -0.15) is 10.1 Å². The van der Waals surface area contributed by atoms with E-state index in [9.17, 15) is 4.79 Å². The summed E-state index contributed by atoms with van der Waals surface area (Å²) in [5, 5.41) is 20.7. The molecule has 2 aliphatic rings. The van der Waals surface area contributed by atoms with Crippen LogP contribution < -0.4 is 15.4 Å². The molecule has 2 aromatic heterocycles. The number of anilines is 2. The summed E-state index contributed by atoms with van der Waals surface area (Å²) >= 11 is 0. The minimum atomic E-state index is -0.470. The number of benzene rings is 1. The fourth-order valence-electron chi connectivity index (χ4n) is 5.02. The molecule has 1 saturated carbocycles. The molecule has 1 aliphatic heterocycles. The highest BCUT2D eigenvalue weighted by Gasteiger charge is 2.25. The minimum absolute atomic E-state index is 0.0973. The summed E-state index contributed by atoms with van der Waals surface area (Å²) in [6, 6.07) is 4.55. The molecule has 1 aromatic carbocycles. The number of aliphatic hydroxyl groups excluding tert-OH is 1. The average Bonchev–Trinajstić information content (AvgIpc) is 3.27. The number of aliphatic hydroxyl groups is 1.